The summed E-state index contributed by atoms with van der Waals surface area (Å²) in [6.07, 6.45) is 6.93. The van der Waals surface area contributed by atoms with Gasteiger partial charge in [-0.25, -0.2) is 0 Å². The van der Waals surface area contributed by atoms with Crippen LogP contribution in [0.5, 0.6) is 0 Å². The fourth-order valence-electron chi connectivity index (χ4n) is 15.0. The minimum Gasteiger partial charge on any atom is -0.456 e. The number of benzene rings is 9. The van der Waals surface area contributed by atoms with Crippen molar-refractivity contribution < 1.29 is 4.42 Å². The minimum absolute atomic E-state index is 0.0755. The molecule has 4 fully saturated rings. The monoisotopic (exact) mass is 890 g/mol. The van der Waals surface area contributed by atoms with Crippen molar-refractivity contribution in [3.05, 3.63) is 230 Å². The van der Waals surface area contributed by atoms with Crippen molar-refractivity contribution >= 4 is 89.6 Å². The summed E-state index contributed by atoms with van der Waals surface area (Å²) in [5.74, 6) is 3.21. The Kier molecular flexibility index (Phi) is 8.28. The van der Waals surface area contributed by atoms with Crippen LogP contribution < -0.4 is 25.6 Å². The quantitative estimate of drug-likeness (QED) is 0.123. The molecule has 1 spiro atoms. The Morgan fingerprint density at radius 2 is 0.868 bits per heavy atom. The zero-order valence-electron chi connectivity index (χ0n) is 37.9. The van der Waals surface area contributed by atoms with Crippen LogP contribution in [-0.2, 0) is 5.41 Å². The molecule has 3 nitrogen and oxygen atoms in total. The topological polar surface area (TPSA) is 21.3 Å². The van der Waals surface area contributed by atoms with Crippen molar-refractivity contribution in [1.29, 1.82) is 0 Å². The van der Waals surface area contributed by atoms with E-state index in [-0.39, 0.29) is 5.41 Å². The van der Waals surface area contributed by atoms with Crippen LogP contribution in [0.25, 0.3) is 49.4 Å². The maximum atomic E-state index is 6.72. The Balaban J connectivity index is 0.924. The molecule has 4 bridgehead atoms. The fraction of sp³-hybridized carbons (Fsp3) is 0.156. The largest absolute Gasteiger partial charge is 0.456 e. The fourth-order valence-corrected chi connectivity index (χ4v) is 19.7. The van der Waals surface area contributed by atoms with Crippen molar-refractivity contribution in [2.45, 2.75) is 37.5 Å². The van der Waals surface area contributed by atoms with Crippen molar-refractivity contribution in [3.63, 3.8) is 0 Å². The van der Waals surface area contributed by atoms with Gasteiger partial charge in [0.25, 0.3) is 0 Å². The van der Waals surface area contributed by atoms with Gasteiger partial charge in [-0.1, -0.05) is 158 Å². The Bertz CT molecular complexity index is 3600. The summed E-state index contributed by atoms with van der Waals surface area (Å²) in [5.41, 5.74) is 12.3. The van der Waals surface area contributed by atoms with Crippen LogP contribution in [0.4, 0.5) is 17.1 Å². The molecule has 0 atom stereocenters. The summed E-state index contributed by atoms with van der Waals surface area (Å²) >= 11 is 0. The first kappa shape index (κ1) is 38.7. The van der Waals surface area contributed by atoms with Gasteiger partial charge in [0.2, 0.25) is 0 Å². The lowest BCUT2D eigenvalue weighted by atomic mass is 9.41. The summed E-state index contributed by atoms with van der Waals surface area (Å²) in [5, 5.41) is 10.2. The molecule has 4 saturated carbocycles. The van der Waals surface area contributed by atoms with Crippen molar-refractivity contribution in [2.75, 3.05) is 4.90 Å². The van der Waals surface area contributed by atoms with Gasteiger partial charge in [-0.15, -0.1) is 0 Å². The summed E-state index contributed by atoms with van der Waals surface area (Å²) < 4.78 is 9.22. The van der Waals surface area contributed by atoms with Crippen LogP contribution in [-0.4, -0.2) is 12.6 Å². The Hall–Kier alpha value is -7.40. The van der Waals surface area contributed by atoms with Crippen LogP contribution in [0.3, 0.4) is 0 Å². The average molecular weight is 891 g/mol. The van der Waals surface area contributed by atoms with Gasteiger partial charge in [0.15, 0.2) is 8.07 Å². The predicted molar refractivity (Wildman–Crippen MR) is 284 cm³/mol. The van der Waals surface area contributed by atoms with Gasteiger partial charge in [0, 0.05) is 38.3 Å². The Labute approximate surface area is 397 Å². The van der Waals surface area contributed by atoms with Gasteiger partial charge in [-0.2, -0.15) is 0 Å². The molecule has 0 amide bonds. The molecule has 3 heterocycles. The number of rotatable bonds is 6. The smallest absolute Gasteiger partial charge is 0.179 e. The van der Waals surface area contributed by atoms with Crippen LogP contribution in [0.15, 0.2) is 223 Å². The third-order valence-corrected chi connectivity index (χ3v) is 22.1. The van der Waals surface area contributed by atoms with E-state index in [0.717, 1.165) is 39.5 Å². The zero-order chi connectivity index (χ0) is 44.6. The van der Waals surface area contributed by atoms with Gasteiger partial charge >= 0.3 is 0 Å². The summed E-state index contributed by atoms with van der Waals surface area (Å²) in [7, 11) is -2.79. The van der Waals surface area contributed by atoms with Gasteiger partial charge in [0.05, 0.1) is 22.4 Å². The van der Waals surface area contributed by atoms with Gasteiger partial charge in [-0.3, -0.25) is 0 Å². The summed E-state index contributed by atoms with van der Waals surface area (Å²) in [6.45, 7) is 0. The molecule has 0 radical (unpaired) electrons. The highest BCUT2D eigenvalue weighted by atomic mass is 28.3. The average Bonchev–Trinajstić information content (AvgIpc) is 3.93. The molecule has 0 unspecified atom stereocenters. The Morgan fingerprint density at radius 3 is 1.46 bits per heavy atom. The molecule has 11 aromatic rings. The second-order valence-electron chi connectivity index (χ2n) is 20.4. The maximum Gasteiger partial charge on any atom is 0.179 e. The molecular weight excluding hydrogens is 841 g/mol. The lowest BCUT2D eigenvalue weighted by Crippen LogP contribution is -2.74. The first-order valence-electron chi connectivity index (χ1n) is 24.8. The van der Waals surface area contributed by atoms with E-state index in [4.69, 9.17) is 4.42 Å². The highest BCUT2D eigenvalue weighted by molar-refractivity contribution is 7.20. The highest BCUT2D eigenvalue weighted by Gasteiger charge is 2.61. The van der Waals surface area contributed by atoms with E-state index in [1.54, 1.807) is 0 Å². The predicted octanol–water partition coefficient (Wildman–Crippen LogP) is 13.6. The molecule has 68 heavy (non-hydrogen) atoms. The first-order valence-corrected chi connectivity index (χ1v) is 26.8. The Morgan fingerprint density at radius 1 is 0.382 bits per heavy atom. The highest BCUT2D eigenvalue weighted by Crippen LogP contribution is 2.69. The third kappa shape index (κ3) is 5.24. The number of furan rings is 1. The molecule has 9 aromatic carbocycles. The lowest BCUT2D eigenvalue weighted by Gasteiger charge is -2.64. The number of anilines is 3. The second-order valence-corrected chi connectivity index (χ2v) is 24.2. The number of hydrogen-bond acceptors (Lipinski definition) is 2. The SMILES string of the molecule is c1ccc([Si](c2ccccc2)(c2ccccc2)c2ccc3c4ccccc4n(-c4ccc5oc6ccc(N7c8ccccc8C8(c9ccccc97)C7CC9CC(C7)CC8C9)cc6c5c4)c3c2)cc1. The van der Waals surface area contributed by atoms with E-state index in [9.17, 15) is 0 Å². The standard InChI is InChI=1S/C64H50N2OSi/c1-4-16-48(17-5-1)68(49-18-6-2-7-19-49,50-20-8-3-9-21-50)51-30-31-53-52-22-10-13-25-58(52)65(61(53)41-51)46-28-32-62-54(39-46)55-40-47(29-33-63(55)67-62)66-59-26-14-11-23-56(59)64(57-24-12-15-27-60(57)66)44-35-42-34-43(37-44)38-45(64)36-42/h1-33,39-45H,34-38H2. The summed E-state index contributed by atoms with van der Waals surface area (Å²) in [6, 6.07) is 82.6. The number of aromatic nitrogens is 1. The van der Waals surface area contributed by atoms with E-state index >= 15 is 0 Å². The molecule has 0 saturated heterocycles. The van der Waals surface area contributed by atoms with Crippen LogP contribution in [0, 0.1) is 23.7 Å². The maximum absolute atomic E-state index is 6.72. The molecule has 4 aliphatic carbocycles. The van der Waals surface area contributed by atoms with Crippen molar-refractivity contribution in [2.24, 2.45) is 23.7 Å². The second kappa shape index (κ2) is 14.5. The van der Waals surface area contributed by atoms with Gasteiger partial charge in [-0.05, 0) is 148 Å². The normalized spacial score (nSPS) is 20.1. The number of nitrogens with zero attached hydrogens (tertiary/aromatic N) is 2. The number of para-hydroxylation sites is 3. The van der Waals surface area contributed by atoms with E-state index in [0.29, 0.717) is 11.8 Å². The molecule has 2 aromatic heterocycles. The van der Waals surface area contributed by atoms with E-state index in [2.05, 4.69) is 228 Å². The number of fused-ring (bicyclic) bond motifs is 8. The first-order chi connectivity index (χ1) is 33.7. The third-order valence-electron chi connectivity index (χ3n) is 17.3. The molecule has 5 aliphatic rings. The van der Waals surface area contributed by atoms with E-state index in [1.165, 1.54) is 103 Å². The van der Waals surface area contributed by atoms with Crippen molar-refractivity contribution in [3.8, 4) is 5.69 Å². The van der Waals surface area contributed by atoms with E-state index < -0.39 is 8.07 Å². The number of hydrogen-bond donors (Lipinski definition) is 0. The minimum atomic E-state index is -2.79. The van der Waals surface area contributed by atoms with E-state index in [1.807, 2.05) is 0 Å². The molecule has 4 heteroatoms. The van der Waals surface area contributed by atoms with Gasteiger partial charge < -0.3 is 13.9 Å². The molecule has 16 rings (SSSR count). The molecular formula is C64H50N2OSi. The zero-order valence-corrected chi connectivity index (χ0v) is 38.9. The lowest BCUT2D eigenvalue weighted by molar-refractivity contribution is -0.0419. The molecule has 1 aliphatic heterocycles. The van der Waals surface area contributed by atoms with Crippen LogP contribution in [0.1, 0.15) is 43.2 Å². The summed E-state index contributed by atoms with van der Waals surface area (Å²) in [4.78, 5) is 2.57. The van der Waals surface area contributed by atoms with Crippen LogP contribution >= 0.6 is 0 Å². The molecule has 326 valence electrons. The molecule has 0 N–H and O–H groups in total. The van der Waals surface area contributed by atoms with Crippen molar-refractivity contribution in [1.82, 2.24) is 4.57 Å². The van der Waals surface area contributed by atoms with Crippen LogP contribution in [0.2, 0.25) is 0 Å². The van der Waals surface area contributed by atoms with Gasteiger partial charge in [0.1, 0.15) is 11.2 Å².